The number of carbonyl (C=O) groups excluding carboxylic acids is 1. The summed E-state index contributed by atoms with van der Waals surface area (Å²) in [7, 11) is 0. The Morgan fingerprint density at radius 2 is 1.91 bits per heavy atom. The molecule has 0 heterocycles. The molecule has 0 saturated heterocycles. The number of hydrogen-bond acceptors (Lipinski definition) is 4. The number of nitro benzene ring substituents is 1. The van der Waals surface area contributed by atoms with Crippen molar-refractivity contribution in [3.8, 4) is 0 Å². The summed E-state index contributed by atoms with van der Waals surface area (Å²) in [6.45, 7) is 6.50. The second kappa shape index (κ2) is 6.90. The van der Waals surface area contributed by atoms with Crippen LogP contribution < -0.4 is 0 Å². The van der Waals surface area contributed by atoms with Gasteiger partial charge < -0.3 is 4.74 Å². The molecule has 0 unspecified atom stereocenters. The zero-order chi connectivity index (χ0) is 16.3. The van der Waals surface area contributed by atoms with Gasteiger partial charge in [-0.25, -0.2) is 4.79 Å². The van der Waals surface area contributed by atoms with Gasteiger partial charge in [-0.05, 0) is 42.7 Å². The Labute approximate surface area is 130 Å². The maximum absolute atomic E-state index is 12.3. The molecule has 1 aromatic carbocycles. The molecule has 0 aliphatic heterocycles. The van der Waals surface area contributed by atoms with Crippen molar-refractivity contribution >= 4 is 11.7 Å². The lowest BCUT2D eigenvalue weighted by atomic mass is 9.75. The number of esters is 1. The van der Waals surface area contributed by atoms with Crippen molar-refractivity contribution in [2.24, 2.45) is 17.8 Å². The first-order valence-corrected chi connectivity index (χ1v) is 7.84. The molecule has 0 amide bonds. The van der Waals surface area contributed by atoms with Crippen molar-refractivity contribution in [2.75, 3.05) is 0 Å². The zero-order valence-corrected chi connectivity index (χ0v) is 13.3. The van der Waals surface area contributed by atoms with E-state index in [0.29, 0.717) is 23.3 Å². The molecular formula is C17H23NO4. The number of rotatable bonds is 4. The van der Waals surface area contributed by atoms with E-state index in [-0.39, 0.29) is 17.8 Å². The lowest BCUT2D eigenvalue weighted by molar-refractivity contribution is -0.384. The quantitative estimate of drug-likeness (QED) is 0.474. The van der Waals surface area contributed by atoms with Gasteiger partial charge >= 0.3 is 5.97 Å². The maximum atomic E-state index is 12.3. The predicted octanol–water partition coefficient (Wildman–Crippen LogP) is 4.21. The first kappa shape index (κ1) is 16.5. The Balaban J connectivity index is 2.07. The third kappa shape index (κ3) is 3.84. The molecule has 5 nitrogen and oxygen atoms in total. The van der Waals surface area contributed by atoms with Gasteiger partial charge in [0.1, 0.15) is 6.10 Å². The number of hydrogen-bond donors (Lipinski definition) is 0. The van der Waals surface area contributed by atoms with Crippen LogP contribution in [0.1, 0.15) is 50.4 Å². The highest BCUT2D eigenvalue weighted by atomic mass is 16.6. The highest BCUT2D eigenvalue weighted by Crippen LogP contribution is 2.35. The van der Waals surface area contributed by atoms with E-state index >= 15 is 0 Å². The number of carbonyl (C=O) groups is 1. The van der Waals surface area contributed by atoms with E-state index < -0.39 is 4.92 Å². The first-order chi connectivity index (χ1) is 10.4. The van der Waals surface area contributed by atoms with Crippen LogP contribution >= 0.6 is 0 Å². The van der Waals surface area contributed by atoms with E-state index in [2.05, 4.69) is 20.8 Å². The van der Waals surface area contributed by atoms with Crippen molar-refractivity contribution < 1.29 is 14.5 Å². The van der Waals surface area contributed by atoms with Gasteiger partial charge in [-0.1, -0.05) is 27.2 Å². The Kier molecular flexibility index (Phi) is 5.16. The molecule has 1 saturated carbocycles. The third-order valence-electron chi connectivity index (χ3n) is 4.53. The SMILES string of the molecule is CC(C)[C@@H]1CC[C@H](C)C[C@H]1OC(=O)c1ccc([N+](=O)[O-])cc1. The molecule has 22 heavy (non-hydrogen) atoms. The van der Waals surface area contributed by atoms with Crippen LogP contribution in [0.5, 0.6) is 0 Å². The van der Waals surface area contributed by atoms with Crippen LogP contribution in [0.2, 0.25) is 0 Å². The molecule has 0 aromatic heterocycles. The summed E-state index contributed by atoms with van der Waals surface area (Å²) in [6, 6.07) is 5.58. The smallest absolute Gasteiger partial charge is 0.338 e. The molecule has 1 aromatic rings. The normalized spacial score (nSPS) is 25.0. The fraction of sp³-hybridized carbons (Fsp3) is 0.588. The summed E-state index contributed by atoms with van der Waals surface area (Å²) in [4.78, 5) is 22.4. The maximum Gasteiger partial charge on any atom is 0.338 e. The lowest BCUT2D eigenvalue weighted by Crippen LogP contribution is -2.35. The molecule has 2 rings (SSSR count). The Morgan fingerprint density at radius 3 is 2.45 bits per heavy atom. The molecule has 0 spiro atoms. The Hall–Kier alpha value is -1.91. The van der Waals surface area contributed by atoms with Gasteiger partial charge in [0.15, 0.2) is 0 Å². The molecule has 3 atom stereocenters. The molecule has 5 heteroatoms. The average Bonchev–Trinajstić information content (AvgIpc) is 2.47. The fourth-order valence-corrected chi connectivity index (χ4v) is 3.17. The molecule has 120 valence electrons. The Morgan fingerprint density at radius 1 is 1.27 bits per heavy atom. The summed E-state index contributed by atoms with van der Waals surface area (Å²) < 4.78 is 5.71. The average molecular weight is 305 g/mol. The predicted molar refractivity (Wildman–Crippen MR) is 83.6 cm³/mol. The molecule has 1 aliphatic rings. The van der Waals surface area contributed by atoms with Crippen molar-refractivity contribution in [3.63, 3.8) is 0 Å². The number of nitrogens with zero attached hydrogens (tertiary/aromatic N) is 1. The van der Waals surface area contributed by atoms with Crippen LogP contribution in [0.15, 0.2) is 24.3 Å². The van der Waals surface area contributed by atoms with Crippen LogP contribution in [-0.4, -0.2) is 17.0 Å². The van der Waals surface area contributed by atoms with Gasteiger partial charge in [0.25, 0.3) is 5.69 Å². The van der Waals surface area contributed by atoms with E-state index in [9.17, 15) is 14.9 Å². The van der Waals surface area contributed by atoms with Crippen molar-refractivity contribution in [3.05, 3.63) is 39.9 Å². The van der Waals surface area contributed by atoms with Crippen LogP contribution in [0.4, 0.5) is 5.69 Å². The minimum absolute atomic E-state index is 0.0251. The fourth-order valence-electron chi connectivity index (χ4n) is 3.17. The van der Waals surface area contributed by atoms with E-state index in [1.807, 2.05) is 0 Å². The highest BCUT2D eigenvalue weighted by Gasteiger charge is 2.33. The van der Waals surface area contributed by atoms with Gasteiger partial charge in [0, 0.05) is 12.1 Å². The third-order valence-corrected chi connectivity index (χ3v) is 4.53. The lowest BCUT2D eigenvalue weighted by Gasteiger charge is -2.36. The summed E-state index contributed by atoms with van der Waals surface area (Å²) in [6.07, 6.45) is 3.08. The number of ether oxygens (including phenoxy) is 1. The van der Waals surface area contributed by atoms with Gasteiger partial charge in [0.05, 0.1) is 10.5 Å². The molecule has 1 aliphatic carbocycles. The van der Waals surface area contributed by atoms with Crippen LogP contribution in [0, 0.1) is 27.9 Å². The Bertz CT molecular complexity index is 538. The topological polar surface area (TPSA) is 69.4 Å². The number of benzene rings is 1. The van der Waals surface area contributed by atoms with Crippen LogP contribution in [0.3, 0.4) is 0 Å². The summed E-state index contributed by atoms with van der Waals surface area (Å²) in [5.74, 6) is 1.03. The second-order valence-corrected chi connectivity index (χ2v) is 6.57. The van der Waals surface area contributed by atoms with Gasteiger partial charge in [-0.3, -0.25) is 10.1 Å². The van der Waals surface area contributed by atoms with E-state index in [4.69, 9.17) is 4.74 Å². The second-order valence-electron chi connectivity index (χ2n) is 6.57. The van der Waals surface area contributed by atoms with Crippen molar-refractivity contribution in [1.82, 2.24) is 0 Å². The van der Waals surface area contributed by atoms with Crippen LogP contribution in [-0.2, 0) is 4.74 Å². The van der Waals surface area contributed by atoms with E-state index in [1.54, 1.807) is 0 Å². The van der Waals surface area contributed by atoms with Crippen LogP contribution in [0.25, 0.3) is 0 Å². The van der Waals surface area contributed by atoms with Gasteiger partial charge in [-0.2, -0.15) is 0 Å². The van der Waals surface area contributed by atoms with Gasteiger partial charge in [-0.15, -0.1) is 0 Å². The van der Waals surface area contributed by atoms with Gasteiger partial charge in [0.2, 0.25) is 0 Å². The van der Waals surface area contributed by atoms with E-state index in [1.165, 1.54) is 30.7 Å². The summed E-state index contributed by atoms with van der Waals surface area (Å²) in [5, 5.41) is 10.6. The molecule has 1 fully saturated rings. The number of non-ortho nitro benzene ring substituents is 1. The first-order valence-electron chi connectivity index (χ1n) is 7.84. The molecule has 0 bridgehead atoms. The minimum Gasteiger partial charge on any atom is -0.458 e. The highest BCUT2D eigenvalue weighted by molar-refractivity contribution is 5.89. The molecule has 0 N–H and O–H groups in total. The number of nitro groups is 1. The molecule has 0 radical (unpaired) electrons. The standard InChI is InChI=1S/C17H23NO4/c1-11(2)15-9-4-12(3)10-16(15)22-17(19)13-5-7-14(8-6-13)18(20)21/h5-8,11-12,15-16H,4,9-10H2,1-3H3/t12-,15-,16+/m0/s1. The summed E-state index contributed by atoms with van der Waals surface area (Å²) in [5.41, 5.74) is 0.342. The monoisotopic (exact) mass is 305 g/mol. The van der Waals surface area contributed by atoms with Crippen molar-refractivity contribution in [1.29, 1.82) is 0 Å². The summed E-state index contributed by atoms with van der Waals surface area (Å²) >= 11 is 0. The minimum atomic E-state index is -0.479. The molecular weight excluding hydrogens is 282 g/mol. The largest absolute Gasteiger partial charge is 0.458 e. The van der Waals surface area contributed by atoms with Crippen molar-refractivity contribution in [2.45, 2.75) is 46.1 Å². The zero-order valence-electron chi connectivity index (χ0n) is 13.3. The van der Waals surface area contributed by atoms with E-state index in [0.717, 1.165) is 12.8 Å².